The van der Waals surface area contributed by atoms with Crippen LogP contribution in [0, 0.1) is 11.6 Å². The van der Waals surface area contributed by atoms with E-state index in [0.717, 1.165) is 6.07 Å². The van der Waals surface area contributed by atoms with Crippen molar-refractivity contribution in [3.05, 3.63) is 42.1 Å². The summed E-state index contributed by atoms with van der Waals surface area (Å²) in [6.07, 6.45) is 1.28. The molecule has 0 unspecified atom stereocenters. The highest BCUT2D eigenvalue weighted by Gasteiger charge is 2.15. The minimum atomic E-state index is -0.669. The molecule has 0 radical (unpaired) electrons. The number of benzene rings is 1. The Bertz CT molecular complexity index is 558. The molecule has 5 heteroatoms. The number of pyridine rings is 1. The number of methoxy groups -OCH3 is 1. The number of nitrogens with two attached hydrogens (primary N) is 1. The van der Waals surface area contributed by atoms with Crippen molar-refractivity contribution >= 4 is 5.69 Å². The van der Waals surface area contributed by atoms with Crippen LogP contribution < -0.4 is 10.5 Å². The summed E-state index contributed by atoms with van der Waals surface area (Å²) < 4.78 is 32.3. The summed E-state index contributed by atoms with van der Waals surface area (Å²) >= 11 is 0. The molecule has 0 spiro atoms. The number of anilines is 1. The third-order valence-corrected chi connectivity index (χ3v) is 2.30. The Morgan fingerprint density at radius 2 is 2.06 bits per heavy atom. The maximum atomic E-state index is 13.9. The fourth-order valence-corrected chi connectivity index (χ4v) is 1.50. The molecule has 0 saturated carbocycles. The Morgan fingerprint density at radius 3 is 2.71 bits per heavy atom. The van der Waals surface area contributed by atoms with E-state index in [-0.39, 0.29) is 22.7 Å². The van der Waals surface area contributed by atoms with Gasteiger partial charge in [0.25, 0.3) is 0 Å². The second kappa shape index (κ2) is 4.37. The summed E-state index contributed by atoms with van der Waals surface area (Å²) in [7, 11) is 1.34. The third-order valence-electron chi connectivity index (χ3n) is 2.30. The maximum Gasteiger partial charge on any atom is 0.174 e. The second-order valence-corrected chi connectivity index (χ2v) is 3.42. The Kier molecular flexibility index (Phi) is 2.91. The Balaban J connectivity index is 2.60. The molecule has 1 aromatic heterocycles. The molecule has 0 fully saturated rings. The van der Waals surface area contributed by atoms with Gasteiger partial charge in [-0.3, -0.25) is 4.98 Å². The van der Waals surface area contributed by atoms with Crippen LogP contribution in [0.1, 0.15) is 0 Å². The molecule has 17 heavy (non-hydrogen) atoms. The minimum Gasteiger partial charge on any atom is -0.494 e. The van der Waals surface area contributed by atoms with E-state index in [1.165, 1.54) is 25.4 Å². The normalized spacial score (nSPS) is 10.3. The quantitative estimate of drug-likeness (QED) is 0.871. The molecule has 0 amide bonds. The summed E-state index contributed by atoms with van der Waals surface area (Å²) in [5.41, 5.74) is 5.52. The van der Waals surface area contributed by atoms with Crippen molar-refractivity contribution in [3.63, 3.8) is 0 Å². The number of rotatable bonds is 2. The summed E-state index contributed by atoms with van der Waals surface area (Å²) in [6.45, 7) is 0. The van der Waals surface area contributed by atoms with E-state index in [1.54, 1.807) is 6.07 Å². The van der Waals surface area contributed by atoms with Gasteiger partial charge in [-0.15, -0.1) is 0 Å². The molecule has 0 aliphatic carbocycles. The fraction of sp³-hybridized carbons (Fsp3) is 0.0833. The van der Waals surface area contributed by atoms with Gasteiger partial charge in [-0.25, -0.2) is 8.78 Å². The van der Waals surface area contributed by atoms with E-state index >= 15 is 0 Å². The molecule has 2 aromatic rings. The zero-order chi connectivity index (χ0) is 12.4. The van der Waals surface area contributed by atoms with Gasteiger partial charge >= 0.3 is 0 Å². The van der Waals surface area contributed by atoms with E-state index in [1.807, 2.05) is 0 Å². The Labute approximate surface area is 96.9 Å². The predicted molar refractivity (Wildman–Crippen MR) is 60.6 cm³/mol. The highest BCUT2D eigenvalue weighted by molar-refractivity contribution is 5.64. The highest BCUT2D eigenvalue weighted by atomic mass is 19.1. The van der Waals surface area contributed by atoms with Crippen molar-refractivity contribution in [1.82, 2.24) is 4.98 Å². The van der Waals surface area contributed by atoms with Gasteiger partial charge in [-0.1, -0.05) is 6.07 Å². The molecule has 1 aromatic carbocycles. The summed E-state index contributed by atoms with van der Waals surface area (Å²) in [5, 5.41) is 0. The van der Waals surface area contributed by atoms with Crippen LogP contribution in [-0.2, 0) is 0 Å². The van der Waals surface area contributed by atoms with E-state index in [0.29, 0.717) is 0 Å². The van der Waals surface area contributed by atoms with Crippen LogP contribution >= 0.6 is 0 Å². The molecule has 0 saturated heterocycles. The van der Waals surface area contributed by atoms with Gasteiger partial charge in [0.15, 0.2) is 17.4 Å². The van der Waals surface area contributed by atoms with Crippen LogP contribution in [0.4, 0.5) is 14.5 Å². The SMILES string of the molecule is COc1cccc(-c2ncc(N)cc2F)c1F. The summed E-state index contributed by atoms with van der Waals surface area (Å²) in [5.74, 6) is -1.27. The van der Waals surface area contributed by atoms with Gasteiger partial charge in [0, 0.05) is 11.6 Å². The Hall–Kier alpha value is -2.17. The first kappa shape index (κ1) is 11.3. The molecule has 88 valence electrons. The smallest absolute Gasteiger partial charge is 0.174 e. The zero-order valence-electron chi connectivity index (χ0n) is 9.08. The molecule has 2 rings (SSSR count). The van der Waals surface area contributed by atoms with E-state index in [9.17, 15) is 8.78 Å². The topological polar surface area (TPSA) is 48.1 Å². The summed E-state index contributed by atoms with van der Waals surface area (Å²) in [4.78, 5) is 3.79. The van der Waals surface area contributed by atoms with E-state index in [4.69, 9.17) is 10.5 Å². The number of nitrogen functional groups attached to an aromatic ring is 1. The number of ether oxygens (including phenoxy) is 1. The van der Waals surface area contributed by atoms with Crippen LogP contribution in [-0.4, -0.2) is 12.1 Å². The molecule has 0 atom stereocenters. The van der Waals surface area contributed by atoms with Crippen molar-refractivity contribution in [2.75, 3.05) is 12.8 Å². The number of hydrogen-bond acceptors (Lipinski definition) is 3. The van der Waals surface area contributed by atoms with Crippen LogP contribution in [0.2, 0.25) is 0 Å². The number of halogens is 2. The van der Waals surface area contributed by atoms with Crippen LogP contribution in [0.25, 0.3) is 11.3 Å². The molecule has 0 bridgehead atoms. The first-order valence-electron chi connectivity index (χ1n) is 4.87. The van der Waals surface area contributed by atoms with Gasteiger partial charge in [-0.05, 0) is 12.1 Å². The first-order chi connectivity index (χ1) is 8.13. The average Bonchev–Trinajstić information content (AvgIpc) is 2.30. The van der Waals surface area contributed by atoms with Crippen molar-refractivity contribution < 1.29 is 13.5 Å². The zero-order valence-corrected chi connectivity index (χ0v) is 9.08. The van der Waals surface area contributed by atoms with E-state index in [2.05, 4.69) is 4.98 Å². The van der Waals surface area contributed by atoms with Crippen molar-refractivity contribution in [1.29, 1.82) is 0 Å². The monoisotopic (exact) mass is 236 g/mol. The lowest BCUT2D eigenvalue weighted by molar-refractivity contribution is 0.387. The lowest BCUT2D eigenvalue weighted by Crippen LogP contribution is -1.97. The van der Waals surface area contributed by atoms with Crippen molar-refractivity contribution in [2.24, 2.45) is 0 Å². The molecule has 2 N–H and O–H groups in total. The molecular weight excluding hydrogens is 226 g/mol. The van der Waals surface area contributed by atoms with Gasteiger partial charge in [0.05, 0.1) is 19.0 Å². The standard InChI is InChI=1S/C12H10F2N2O/c1-17-10-4-2-3-8(11(10)14)12-9(13)5-7(15)6-16-12/h2-6H,15H2,1H3. The number of aromatic nitrogens is 1. The predicted octanol–water partition coefficient (Wildman–Crippen LogP) is 2.62. The lowest BCUT2D eigenvalue weighted by Gasteiger charge is -2.07. The van der Waals surface area contributed by atoms with Gasteiger partial charge in [0.2, 0.25) is 0 Å². The fourth-order valence-electron chi connectivity index (χ4n) is 1.50. The summed E-state index contributed by atoms with van der Waals surface area (Å²) in [6, 6.07) is 5.55. The number of nitrogens with zero attached hydrogens (tertiary/aromatic N) is 1. The van der Waals surface area contributed by atoms with Gasteiger partial charge in [0.1, 0.15) is 5.69 Å². The van der Waals surface area contributed by atoms with Crippen molar-refractivity contribution in [3.8, 4) is 17.0 Å². The molecule has 3 nitrogen and oxygen atoms in total. The van der Waals surface area contributed by atoms with Crippen LogP contribution in [0.3, 0.4) is 0 Å². The third kappa shape index (κ3) is 2.04. The minimum absolute atomic E-state index is 0.0422. The van der Waals surface area contributed by atoms with Gasteiger partial charge in [-0.2, -0.15) is 0 Å². The van der Waals surface area contributed by atoms with E-state index < -0.39 is 11.6 Å². The maximum absolute atomic E-state index is 13.9. The van der Waals surface area contributed by atoms with Crippen LogP contribution in [0.5, 0.6) is 5.75 Å². The molecule has 0 aliphatic rings. The highest BCUT2D eigenvalue weighted by Crippen LogP contribution is 2.29. The molecule has 1 heterocycles. The van der Waals surface area contributed by atoms with Crippen LogP contribution in [0.15, 0.2) is 30.5 Å². The second-order valence-electron chi connectivity index (χ2n) is 3.42. The number of hydrogen-bond donors (Lipinski definition) is 1. The molecular formula is C12H10F2N2O. The lowest BCUT2D eigenvalue weighted by atomic mass is 10.1. The Morgan fingerprint density at radius 1 is 1.29 bits per heavy atom. The van der Waals surface area contributed by atoms with Crippen molar-refractivity contribution in [2.45, 2.75) is 0 Å². The largest absolute Gasteiger partial charge is 0.494 e. The first-order valence-corrected chi connectivity index (χ1v) is 4.87. The average molecular weight is 236 g/mol. The molecule has 0 aliphatic heterocycles. The van der Waals surface area contributed by atoms with Gasteiger partial charge < -0.3 is 10.5 Å².